The molecule has 0 unspecified atom stereocenters. The van der Waals surface area contributed by atoms with E-state index in [4.69, 9.17) is 9.47 Å². The van der Waals surface area contributed by atoms with Crippen LogP contribution in [-0.4, -0.2) is 62.0 Å². The van der Waals surface area contributed by atoms with E-state index >= 15 is 0 Å². The molecule has 0 spiro atoms. The summed E-state index contributed by atoms with van der Waals surface area (Å²) < 4.78 is 10.5. The predicted octanol–water partition coefficient (Wildman–Crippen LogP) is 1.80. The molecule has 1 heterocycles. The van der Waals surface area contributed by atoms with Crippen molar-refractivity contribution in [1.82, 2.24) is 9.80 Å². The van der Waals surface area contributed by atoms with Crippen LogP contribution in [0.2, 0.25) is 0 Å². The number of nitrogens with zero attached hydrogens (tertiary/aromatic N) is 2. The molecule has 24 heavy (non-hydrogen) atoms. The van der Waals surface area contributed by atoms with Gasteiger partial charge in [0.1, 0.15) is 0 Å². The number of carbonyl (C=O) groups is 2. The van der Waals surface area contributed by atoms with Crippen molar-refractivity contribution in [2.24, 2.45) is 0 Å². The van der Waals surface area contributed by atoms with Crippen molar-refractivity contribution < 1.29 is 19.1 Å². The SMILES string of the molecule is COc1ccc(/C=C/C(=O)N2CCCN(C(C)=O)CC2)cc1OC. The quantitative estimate of drug-likeness (QED) is 0.789. The first-order valence-electron chi connectivity index (χ1n) is 7.99. The van der Waals surface area contributed by atoms with E-state index in [1.54, 1.807) is 49.2 Å². The van der Waals surface area contributed by atoms with Crippen LogP contribution >= 0.6 is 0 Å². The molecule has 6 nitrogen and oxygen atoms in total. The summed E-state index contributed by atoms with van der Waals surface area (Å²) in [5.74, 6) is 1.29. The van der Waals surface area contributed by atoms with Gasteiger partial charge in [-0.1, -0.05) is 6.07 Å². The minimum atomic E-state index is -0.0461. The van der Waals surface area contributed by atoms with Gasteiger partial charge in [-0.15, -0.1) is 0 Å². The second-order valence-corrected chi connectivity index (χ2v) is 5.63. The maximum Gasteiger partial charge on any atom is 0.246 e. The Morgan fingerprint density at radius 3 is 2.33 bits per heavy atom. The third-order valence-electron chi connectivity index (χ3n) is 4.08. The zero-order chi connectivity index (χ0) is 17.5. The Bertz CT molecular complexity index is 627. The molecule has 0 aliphatic carbocycles. The summed E-state index contributed by atoms with van der Waals surface area (Å²) in [6.07, 6.45) is 4.12. The van der Waals surface area contributed by atoms with E-state index < -0.39 is 0 Å². The number of hydrogen-bond donors (Lipinski definition) is 0. The van der Waals surface area contributed by atoms with Gasteiger partial charge in [-0.3, -0.25) is 9.59 Å². The van der Waals surface area contributed by atoms with Crippen LogP contribution in [0.25, 0.3) is 6.08 Å². The molecular formula is C18H24N2O4. The maximum absolute atomic E-state index is 12.4. The van der Waals surface area contributed by atoms with Crippen molar-refractivity contribution in [3.63, 3.8) is 0 Å². The lowest BCUT2D eigenvalue weighted by atomic mass is 10.2. The van der Waals surface area contributed by atoms with Crippen LogP contribution in [0.3, 0.4) is 0 Å². The van der Waals surface area contributed by atoms with Crippen molar-refractivity contribution in [2.75, 3.05) is 40.4 Å². The topological polar surface area (TPSA) is 59.1 Å². The summed E-state index contributed by atoms with van der Waals surface area (Å²) >= 11 is 0. The first kappa shape index (κ1) is 17.8. The number of rotatable bonds is 4. The van der Waals surface area contributed by atoms with Crippen LogP contribution in [-0.2, 0) is 9.59 Å². The lowest BCUT2D eigenvalue weighted by Gasteiger charge is -2.20. The summed E-state index contributed by atoms with van der Waals surface area (Å²) in [4.78, 5) is 27.4. The standard InChI is InChI=1S/C18H24N2O4/c1-14(21)19-9-4-10-20(12-11-19)18(22)8-6-15-5-7-16(23-2)17(13-15)24-3/h5-8,13H,4,9-12H2,1-3H3/b8-6+. The fourth-order valence-electron chi connectivity index (χ4n) is 2.68. The number of amides is 2. The Balaban J connectivity index is 2.01. The Morgan fingerprint density at radius 1 is 1.00 bits per heavy atom. The van der Waals surface area contributed by atoms with Gasteiger partial charge in [0.2, 0.25) is 11.8 Å². The molecule has 6 heteroatoms. The summed E-state index contributed by atoms with van der Waals surface area (Å²) in [6.45, 7) is 4.09. The molecule has 1 aliphatic heterocycles. The number of carbonyl (C=O) groups excluding carboxylic acids is 2. The molecular weight excluding hydrogens is 308 g/mol. The normalized spacial score (nSPS) is 15.3. The van der Waals surface area contributed by atoms with E-state index in [1.807, 2.05) is 12.1 Å². The zero-order valence-corrected chi connectivity index (χ0v) is 14.4. The molecule has 0 radical (unpaired) electrons. The van der Waals surface area contributed by atoms with Gasteiger partial charge in [-0.2, -0.15) is 0 Å². The fraction of sp³-hybridized carbons (Fsp3) is 0.444. The highest BCUT2D eigenvalue weighted by atomic mass is 16.5. The minimum absolute atomic E-state index is 0.0461. The van der Waals surface area contributed by atoms with E-state index in [0.29, 0.717) is 37.7 Å². The Kier molecular flexibility index (Phi) is 6.23. The number of benzene rings is 1. The molecule has 0 bridgehead atoms. The molecule has 0 aromatic heterocycles. The molecule has 1 aromatic rings. The van der Waals surface area contributed by atoms with Gasteiger partial charge in [0.25, 0.3) is 0 Å². The first-order valence-corrected chi connectivity index (χ1v) is 7.99. The molecule has 0 N–H and O–H groups in total. The minimum Gasteiger partial charge on any atom is -0.493 e. The Labute approximate surface area is 142 Å². The summed E-state index contributed by atoms with van der Waals surface area (Å²) in [5.41, 5.74) is 0.862. The number of ether oxygens (including phenoxy) is 2. The summed E-state index contributed by atoms with van der Waals surface area (Å²) in [7, 11) is 3.16. The average Bonchev–Trinajstić information content (AvgIpc) is 2.85. The molecule has 1 fully saturated rings. The Morgan fingerprint density at radius 2 is 1.67 bits per heavy atom. The molecule has 2 rings (SSSR count). The van der Waals surface area contributed by atoms with Crippen molar-refractivity contribution in [3.05, 3.63) is 29.8 Å². The van der Waals surface area contributed by atoms with E-state index in [2.05, 4.69) is 0 Å². The maximum atomic E-state index is 12.4. The van der Waals surface area contributed by atoms with E-state index in [0.717, 1.165) is 12.0 Å². The highest BCUT2D eigenvalue weighted by Gasteiger charge is 2.18. The van der Waals surface area contributed by atoms with Gasteiger partial charge in [0.05, 0.1) is 14.2 Å². The van der Waals surface area contributed by atoms with Gasteiger partial charge in [0.15, 0.2) is 11.5 Å². The van der Waals surface area contributed by atoms with Crippen LogP contribution in [0.5, 0.6) is 11.5 Å². The lowest BCUT2D eigenvalue weighted by Crippen LogP contribution is -2.35. The monoisotopic (exact) mass is 332 g/mol. The van der Waals surface area contributed by atoms with Crippen molar-refractivity contribution in [1.29, 1.82) is 0 Å². The molecule has 0 saturated carbocycles. The predicted molar refractivity (Wildman–Crippen MR) is 92.0 cm³/mol. The highest BCUT2D eigenvalue weighted by Crippen LogP contribution is 2.27. The molecule has 2 amide bonds. The van der Waals surface area contributed by atoms with Crippen LogP contribution in [0.4, 0.5) is 0 Å². The largest absolute Gasteiger partial charge is 0.493 e. The van der Waals surface area contributed by atoms with Crippen molar-refractivity contribution in [3.8, 4) is 11.5 Å². The van der Waals surface area contributed by atoms with Gasteiger partial charge < -0.3 is 19.3 Å². The van der Waals surface area contributed by atoms with E-state index in [9.17, 15) is 9.59 Å². The molecule has 1 aliphatic rings. The summed E-state index contributed by atoms with van der Waals surface area (Å²) in [6, 6.07) is 5.49. The Hall–Kier alpha value is -2.50. The third-order valence-corrected chi connectivity index (χ3v) is 4.08. The van der Waals surface area contributed by atoms with Crippen LogP contribution < -0.4 is 9.47 Å². The molecule has 130 valence electrons. The highest BCUT2D eigenvalue weighted by molar-refractivity contribution is 5.92. The van der Waals surface area contributed by atoms with E-state index in [1.165, 1.54) is 0 Å². The fourth-order valence-corrected chi connectivity index (χ4v) is 2.68. The van der Waals surface area contributed by atoms with Crippen LogP contribution in [0.15, 0.2) is 24.3 Å². The number of methoxy groups -OCH3 is 2. The van der Waals surface area contributed by atoms with Gasteiger partial charge in [-0.05, 0) is 30.2 Å². The van der Waals surface area contributed by atoms with Crippen LogP contribution in [0.1, 0.15) is 18.9 Å². The van der Waals surface area contributed by atoms with Crippen molar-refractivity contribution in [2.45, 2.75) is 13.3 Å². The zero-order valence-electron chi connectivity index (χ0n) is 14.4. The molecule has 1 aromatic carbocycles. The van der Waals surface area contributed by atoms with Crippen molar-refractivity contribution >= 4 is 17.9 Å². The van der Waals surface area contributed by atoms with Gasteiger partial charge >= 0.3 is 0 Å². The van der Waals surface area contributed by atoms with Gasteiger partial charge in [0, 0.05) is 39.2 Å². The second-order valence-electron chi connectivity index (χ2n) is 5.63. The third kappa shape index (κ3) is 4.50. The average molecular weight is 332 g/mol. The van der Waals surface area contributed by atoms with Crippen LogP contribution in [0, 0.1) is 0 Å². The molecule has 1 saturated heterocycles. The molecule has 0 atom stereocenters. The first-order chi connectivity index (χ1) is 11.5. The smallest absolute Gasteiger partial charge is 0.246 e. The second kappa shape index (κ2) is 8.38. The lowest BCUT2D eigenvalue weighted by molar-refractivity contribution is -0.130. The summed E-state index contributed by atoms with van der Waals surface area (Å²) in [5, 5.41) is 0. The number of hydrogen-bond acceptors (Lipinski definition) is 4. The van der Waals surface area contributed by atoms with Gasteiger partial charge in [-0.25, -0.2) is 0 Å². The van der Waals surface area contributed by atoms with E-state index in [-0.39, 0.29) is 11.8 Å².